The first-order valence-electron chi connectivity index (χ1n) is 4.59. The second-order valence-electron chi connectivity index (χ2n) is 3.93. The van der Waals surface area contributed by atoms with E-state index in [1.807, 2.05) is 0 Å². The summed E-state index contributed by atoms with van der Waals surface area (Å²) < 4.78 is 12.8. The number of rotatable bonds is 3. The molecule has 1 aromatic carbocycles. The van der Waals surface area contributed by atoms with Crippen LogP contribution >= 0.6 is 0 Å². The predicted molar refractivity (Wildman–Crippen MR) is 56.8 cm³/mol. The number of benzene rings is 1. The van der Waals surface area contributed by atoms with Crippen molar-refractivity contribution < 1.29 is 14.6 Å². The number of aliphatic hydroxyl groups is 1. The fourth-order valence-corrected chi connectivity index (χ4v) is 0.914. The maximum atomic E-state index is 12.8. The van der Waals surface area contributed by atoms with Crippen LogP contribution in [-0.4, -0.2) is 28.6 Å². The highest BCUT2D eigenvalue weighted by Crippen LogP contribution is 2.17. The smallest absolute Gasteiger partial charge is 0.124 e. The summed E-state index contributed by atoms with van der Waals surface area (Å²) in [4.78, 5) is 4.05. The van der Waals surface area contributed by atoms with Gasteiger partial charge in [-0.3, -0.25) is 4.99 Å². The molecule has 0 bridgehead atoms. The Balaban J connectivity index is 2.94. The minimum atomic E-state index is -0.626. The minimum absolute atomic E-state index is 0.0334. The van der Waals surface area contributed by atoms with Crippen molar-refractivity contribution in [1.29, 1.82) is 0 Å². The summed E-state index contributed by atoms with van der Waals surface area (Å²) in [6, 6.07) is 3.62. The second-order valence-corrected chi connectivity index (χ2v) is 3.93. The number of aromatic hydroxyl groups is 1. The van der Waals surface area contributed by atoms with E-state index in [0.717, 1.165) is 0 Å². The normalized spacial score (nSPS) is 12.3. The van der Waals surface area contributed by atoms with Crippen molar-refractivity contribution in [2.45, 2.75) is 19.4 Å². The highest BCUT2D eigenvalue weighted by Gasteiger charge is 2.13. The second kappa shape index (κ2) is 4.40. The fraction of sp³-hybridized carbons (Fsp3) is 0.364. The third-order valence-corrected chi connectivity index (χ3v) is 1.93. The first kappa shape index (κ1) is 11.7. The van der Waals surface area contributed by atoms with Crippen LogP contribution in [0, 0.1) is 5.82 Å². The molecule has 0 aliphatic carbocycles. The van der Waals surface area contributed by atoms with Gasteiger partial charge in [-0.05, 0) is 32.0 Å². The van der Waals surface area contributed by atoms with Crippen molar-refractivity contribution in [2.75, 3.05) is 6.61 Å². The molecule has 0 aliphatic rings. The van der Waals surface area contributed by atoms with Gasteiger partial charge < -0.3 is 10.2 Å². The van der Waals surface area contributed by atoms with E-state index in [2.05, 4.69) is 4.99 Å². The lowest BCUT2D eigenvalue weighted by atomic mass is 10.1. The highest BCUT2D eigenvalue weighted by molar-refractivity contribution is 5.83. The minimum Gasteiger partial charge on any atom is -0.507 e. The quantitative estimate of drug-likeness (QED) is 0.748. The first-order valence-corrected chi connectivity index (χ1v) is 4.59. The zero-order chi connectivity index (χ0) is 11.5. The van der Waals surface area contributed by atoms with Crippen molar-refractivity contribution in [3.05, 3.63) is 29.6 Å². The average molecular weight is 211 g/mol. The number of nitrogens with zero attached hydrogens (tertiary/aromatic N) is 1. The van der Waals surface area contributed by atoms with Crippen molar-refractivity contribution in [3.8, 4) is 5.75 Å². The van der Waals surface area contributed by atoms with Gasteiger partial charge >= 0.3 is 0 Å². The summed E-state index contributed by atoms with van der Waals surface area (Å²) in [6.45, 7) is 3.36. The van der Waals surface area contributed by atoms with Gasteiger partial charge in [0.25, 0.3) is 0 Å². The Hall–Kier alpha value is -1.42. The van der Waals surface area contributed by atoms with Gasteiger partial charge in [0.15, 0.2) is 0 Å². The Morgan fingerprint density at radius 1 is 1.47 bits per heavy atom. The molecule has 2 N–H and O–H groups in total. The van der Waals surface area contributed by atoms with Crippen molar-refractivity contribution >= 4 is 6.21 Å². The Bertz CT molecular complexity index is 375. The van der Waals surface area contributed by atoms with Crippen LogP contribution in [0.3, 0.4) is 0 Å². The van der Waals surface area contributed by atoms with Crippen molar-refractivity contribution in [3.63, 3.8) is 0 Å². The lowest BCUT2D eigenvalue weighted by Gasteiger charge is -2.15. The molecule has 0 amide bonds. The van der Waals surface area contributed by atoms with Gasteiger partial charge in [-0.2, -0.15) is 0 Å². The summed E-state index contributed by atoms with van der Waals surface area (Å²) in [5, 5.41) is 18.3. The molecular formula is C11H14FNO2. The summed E-state index contributed by atoms with van der Waals surface area (Å²) >= 11 is 0. The fourth-order valence-electron chi connectivity index (χ4n) is 0.914. The lowest BCUT2D eigenvalue weighted by Crippen LogP contribution is -2.21. The summed E-state index contributed by atoms with van der Waals surface area (Å²) in [5.74, 6) is -0.468. The molecule has 0 aliphatic heterocycles. The van der Waals surface area contributed by atoms with Gasteiger partial charge in [0, 0.05) is 11.8 Å². The van der Waals surface area contributed by atoms with Gasteiger partial charge in [0.2, 0.25) is 0 Å². The van der Waals surface area contributed by atoms with Crippen molar-refractivity contribution in [1.82, 2.24) is 0 Å². The van der Waals surface area contributed by atoms with Crippen LogP contribution in [0.5, 0.6) is 5.75 Å². The molecule has 0 aromatic heterocycles. The molecule has 0 saturated carbocycles. The van der Waals surface area contributed by atoms with Crippen LogP contribution in [0.25, 0.3) is 0 Å². The van der Waals surface area contributed by atoms with Crippen molar-refractivity contribution in [2.24, 2.45) is 4.99 Å². The predicted octanol–water partition coefficient (Wildman–Crippen LogP) is 1.72. The molecule has 1 rings (SSSR count). The Morgan fingerprint density at radius 3 is 2.73 bits per heavy atom. The third-order valence-electron chi connectivity index (χ3n) is 1.93. The zero-order valence-corrected chi connectivity index (χ0v) is 8.74. The molecule has 0 heterocycles. The van der Waals surface area contributed by atoms with Crippen LogP contribution in [0.2, 0.25) is 0 Å². The van der Waals surface area contributed by atoms with Crippen LogP contribution in [0.4, 0.5) is 4.39 Å². The summed E-state index contributed by atoms with van der Waals surface area (Å²) in [6.07, 6.45) is 1.36. The molecule has 0 fully saturated rings. The van der Waals surface area contributed by atoms with Crippen LogP contribution in [-0.2, 0) is 0 Å². The number of hydrogen-bond donors (Lipinski definition) is 2. The van der Waals surface area contributed by atoms with Crippen LogP contribution in [0.15, 0.2) is 23.2 Å². The Labute approximate surface area is 87.9 Å². The summed E-state index contributed by atoms with van der Waals surface area (Å²) in [7, 11) is 0. The van der Waals surface area contributed by atoms with Gasteiger partial charge in [-0.15, -0.1) is 0 Å². The lowest BCUT2D eigenvalue weighted by molar-refractivity contribution is 0.223. The van der Waals surface area contributed by atoms with Crippen LogP contribution in [0.1, 0.15) is 19.4 Å². The van der Waals surface area contributed by atoms with E-state index in [4.69, 9.17) is 5.11 Å². The highest BCUT2D eigenvalue weighted by atomic mass is 19.1. The largest absolute Gasteiger partial charge is 0.507 e. The number of phenolic OH excluding ortho intramolecular Hbond substituents is 1. The third kappa shape index (κ3) is 3.32. The van der Waals surface area contributed by atoms with E-state index in [0.29, 0.717) is 5.56 Å². The number of hydrogen-bond acceptors (Lipinski definition) is 3. The maximum Gasteiger partial charge on any atom is 0.124 e. The van der Waals surface area contributed by atoms with E-state index in [1.54, 1.807) is 13.8 Å². The molecule has 0 unspecified atom stereocenters. The topological polar surface area (TPSA) is 52.8 Å². The van der Waals surface area contributed by atoms with E-state index in [9.17, 15) is 9.50 Å². The molecular weight excluding hydrogens is 197 g/mol. The monoisotopic (exact) mass is 211 g/mol. The molecule has 3 nitrogen and oxygen atoms in total. The molecule has 0 radical (unpaired) electrons. The van der Waals surface area contributed by atoms with Gasteiger partial charge in [-0.25, -0.2) is 4.39 Å². The number of aliphatic imine (C=N–C) groups is 1. The standard InChI is InChI=1S/C11H14FNO2/c1-11(2,7-14)13-6-8-5-9(12)3-4-10(8)15/h3-6,14-15H,7H2,1-2H3. The molecule has 82 valence electrons. The molecule has 1 aromatic rings. The van der Waals surface area contributed by atoms with E-state index in [1.165, 1.54) is 24.4 Å². The molecule has 4 heteroatoms. The number of halogens is 1. The van der Waals surface area contributed by atoms with E-state index >= 15 is 0 Å². The van der Waals surface area contributed by atoms with E-state index in [-0.39, 0.29) is 12.4 Å². The van der Waals surface area contributed by atoms with Crippen LogP contribution < -0.4 is 0 Å². The van der Waals surface area contributed by atoms with Gasteiger partial charge in [-0.1, -0.05) is 0 Å². The number of aliphatic hydroxyl groups excluding tert-OH is 1. The van der Waals surface area contributed by atoms with Gasteiger partial charge in [0.1, 0.15) is 11.6 Å². The molecule has 0 atom stereocenters. The average Bonchev–Trinajstić information content (AvgIpc) is 2.20. The SMILES string of the molecule is CC(C)(CO)N=Cc1cc(F)ccc1O. The Morgan fingerprint density at radius 2 is 2.13 bits per heavy atom. The molecule has 0 spiro atoms. The number of phenols is 1. The Kier molecular flexibility index (Phi) is 3.42. The first-order chi connectivity index (χ1) is 6.94. The maximum absolute atomic E-state index is 12.8. The molecule has 0 saturated heterocycles. The summed E-state index contributed by atoms with van der Waals surface area (Å²) in [5.41, 5.74) is -0.324. The molecule has 15 heavy (non-hydrogen) atoms. The van der Waals surface area contributed by atoms with E-state index < -0.39 is 11.4 Å². The van der Waals surface area contributed by atoms with Gasteiger partial charge in [0.05, 0.1) is 12.1 Å². The zero-order valence-electron chi connectivity index (χ0n) is 8.74.